The van der Waals surface area contributed by atoms with Crippen molar-refractivity contribution in [2.75, 3.05) is 59.4 Å². The van der Waals surface area contributed by atoms with E-state index in [1.165, 1.54) is 0 Å². The number of nitrogens with two attached hydrogens (primary N) is 2. The maximum absolute atomic E-state index is 15.0. The summed E-state index contributed by atoms with van der Waals surface area (Å²) in [6.07, 6.45) is 7.06. The van der Waals surface area contributed by atoms with Crippen molar-refractivity contribution in [1.29, 1.82) is 0 Å². The molecule has 0 bridgehead atoms. The summed E-state index contributed by atoms with van der Waals surface area (Å²) in [7, 11) is 1.87. The number of hydrogen-bond acceptors (Lipinski definition) is 8. The third-order valence-electron chi connectivity index (χ3n) is 11.2. The van der Waals surface area contributed by atoms with Gasteiger partial charge in [-0.25, -0.2) is 8.97 Å². The number of halogens is 2. The molecule has 0 aliphatic carbocycles. The predicted octanol–water partition coefficient (Wildman–Crippen LogP) is 1.04. The first-order chi connectivity index (χ1) is 21.1. The molecular weight excluding hydrogens is 583 g/mol. The second-order valence-electron chi connectivity index (χ2n) is 14.1. The van der Waals surface area contributed by atoms with E-state index in [2.05, 4.69) is 39.6 Å². The average molecular weight is 644 g/mol. The number of aliphatic hydroxyl groups is 1. The molecule has 8 N–H and O–H groups in total. The quantitative estimate of drug-likeness (QED) is 0.118. The first-order valence-corrected chi connectivity index (χ1v) is 17.8. The lowest BCUT2D eigenvalue weighted by Gasteiger charge is -2.47. The molecule has 4 aliphatic rings. The molecule has 12 heteroatoms. The highest BCUT2D eigenvalue weighted by molar-refractivity contribution is 6.21. The molecule has 254 valence electrons. The van der Waals surface area contributed by atoms with Gasteiger partial charge in [0, 0.05) is 57.6 Å². The number of carbonyl (C=O) groups excluding carboxylic acids is 1. The number of rotatable bonds is 10. The van der Waals surface area contributed by atoms with Crippen LogP contribution in [0.4, 0.5) is 4.39 Å². The van der Waals surface area contributed by atoms with Gasteiger partial charge in [-0.15, -0.1) is 11.6 Å². The predicted molar refractivity (Wildman–Crippen MR) is 176 cm³/mol. The third-order valence-corrected chi connectivity index (χ3v) is 11.6. The van der Waals surface area contributed by atoms with Gasteiger partial charge in [0.2, 0.25) is 5.91 Å². The molecule has 0 aromatic rings. The zero-order chi connectivity index (χ0) is 31.9. The number of alkyl halides is 2. The minimum Gasteiger partial charge on any atom is -0.378 e. The summed E-state index contributed by atoms with van der Waals surface area (Å²) in [5.74, 6) is -0.669. The van der Waals surface area contributed by atoms with E-state index in [1.54, 1.807) is 6.21 Å². The second-order valence-corrected chi connectivity index (χ2v) is 14.6. The lowest BCUT2D eigenvalue weighted by Crippen LogP contribution is -2.67. The third kappa shape index (κ3) is 8.91. The molecule has 4 heterocycles. The second kappa shape index (κ2) is 16.8. The van der Waals surface area contributed by atoms with E-state index in [0.717, 1.165) is 90.6 Å². The van der Waals surface area contributed by atoms with Crippen molar-refractivity contribution in [2.45, 2.75) is 114 Å². The molecule has 0 radical (unpaired) electrons. The van der Waals surface area contributed by atoms with Crippen LogP contribution in [0.2, 0.25) is 0 Å². The van der Waals surface area contributed by atoms with Crippen molar-refractivity contribution in [1.82, 2.24) is 25.8 Å². The molecule has 8 unspecified atom stereocenters. The number of likely N-dealkylation sites (tertiary alicyclic amines) is 1. The Morgan fingerprint density at radius 3 is 2.50 bits per heavy atom. The van der Waals surface area contributed by atoms with Gasteiger partial charge in [0.1, 0.15) is 19.2 Å². The van der Waals surface area contributed by atoms with Crippen molar-refractivity contribution in [2.24, 2.45) is 28.7 Å². The van der Waals surface area contributed by atoms with E-state index >= 15 is 0 Å². The lowest BCUT2D eigenvalue weighted by molar-refractivity contribution is -0.546. The van der Waals surface area contributed by atoms with Gasteiger partial charge in [-0.05, 0) is 57.0 Å². The lowest BCUT2D eigenvalue weighted by atomic mass is 9.70. The standard InChI is InChI=1S/C32H60ClFN8O2/c1-4-10-32(5-2)11-6-7-23(34)21-40(3)26(18-32)27(29(35)36)30(43)39-25-20-38-19-24(33)28(25)41-14-8-22(9-15-41)31(44)42-16-12-37-13-17-42/h21-29,31,37-38,44H,4-20,35-36H2,1-3H3/p+1. The van der Waals surface area contributed by atoms with Crippen LogP contribution >= 0.6 is 11.6 Å². The summed E-state index contributed by atoms with van der Waals surface area (Å²) < 4.78 is 16.9. The maximum Gasteiger partial charge on any atom is 0.233 e. The molecule has 1 amide bonds. The van der Waals surface area contributed by atoms with Crippen LogP contribution in [-0.2, 0) is 4.79 Å². The Balaban J connectivity index is 1.49. The van der Waals surface area contributed by atoms with Gasteiger partial charge >= 0.3 is 0 Å². The van der Waals surface area contributed by atoms with Gasteiger partial charge in [0.05, 0.1) is 17.6 Å². The van der Waals surface area contributed by atoms with Gasteiger partial charge in [-0.3, -0.25) is 14.6 Å². The smallest absolute Gasteiger partial charge is 0.233 e. The Morgan fingerprint density at radius 2 is 1.86 bits per heavy atom. The fourth-order valence-corrected chi connectivity index (χ4v) is 9.02. The molecular formula is C32H61ClFN8O2+. The zero-order valence-electron chi connectivity index (χ0n) is 27.4. The number of nitrogens with zero attached hydrogens (tertiary/aromatic N) is 3. The number of piperazine rings is 1. The van der Waals surface area contributed by atoms with E-state index in [9.17, 15) is 14.3 Å². The fourth-order valence-electron chi connectivity index (χ4n) is 8.57. The van der Waals surface area contributed by atoms with Crippen molar-refractivity contribution in [3.8, 4) is 0 Å². The van der Waals surface area contributed by atoms with E-state index in [-0.39, 0.29) is 40.7 Å². The average Bonchev–Trinajstić information content (AvgIpc) is 3.06. The molecule has 4 aliphatic heterocycles. The normalized spacial score (nSPS) is 35.3. The summed E-state index contributed by atoms with van der Waals surface area (Å²) in [6, 6.07) is -0.591. The maximum atomic E-state index is 15.0. The summed E-state index contributed by atoms with van der Waals surface area (Å²) in [6.45, 7) is 10.9. The van der Waals surface area contributed by atoms with Crippen LogP contribution in [0.15, 0.2) is 0 Å². The number of nitrogens with one attached hydrogen (secondary N) is 3. The Morgan fingerprint density at radius 1 is 1.16 bits per heavy atom. The first-order valence-electron chi connectivity index (χ1n) is 17.3. The van der Waals surface area contributed by atoms with Crippen molar-refractivity contribution < 1.29 is 18.9 Å². The number of carbonyl (C=O) groups is 1. The monoisotopic (exact) mass is 643 g/mol. The Hall–Kier alpha value is -0.920. The summed E-state index contributed by atoms with van der Waals surface area (Å²) >= 11 is 6.97. The fraction of sp³-hybridized carbons (Fsp3) is 0.938. The SMILES string of the molecule is CCCC1(CC)CCCC(F)C=[N+](C)C(C(C(=O)NC2CNCC(Cl)C2N2CCC(C(O)N3CCNCC3)CC2)C(N)N)C1. The Kier molecular flexibility index (Phi) is 13.7. The topological polar surface area (TPSA) is 135 Å². The van der Waals surface area contributed by atoms with Crippen molar-refractivity contribution >= 4 is 23.7 Å². The number of piperidine rings is 2. The van der Waals surface area contributed by atoms with E-state index < -0.39 is 24.5 Å². The van der Waals surface area contributed by atoms with Gasteiger partial charge < -0.3 is 32.5 Å². The van der Waals surface area contributed by atoms with Gasteiger partial charge in [0.25, 0.3) is 0 Å². The molecule has 0 saturated carbocycles. The largest absolute Gasteiger partial charge is 0.378 e. The first kappa shape index (κ1) is 35.9. The highest BCUT2D eigenvalue weighted by Crippen LogP contribution is 2.41. The summed E-state index contributed by atoms with van der Waals surface area (Å²) in [4.78, 5) is 18.8. The molecule has 0 spiro atoms. The van der Waals surface area contributed by atoms with E-state index in [1.807, 2.05) is 11.6 Å². The summed E-state index contributed by atoms with van der Waals surface area (Å²) in [5, 5.41) is 21.0. The van der Waals surface area contributed by atoms with Crippen LogP contribution in [0.3, 0.4) is 0 Å². The molecule has 10 nitrogen and oxygen atoms in total. The van der Waals surface area contributed by atoms with E-state index in [0.29, 0.717) is 19.5 Å². The highest BCUT2D eigenvalue weighted by atomic mass is 35.5. The minimum absolute atomic E-state index is 0.00871. The number of amides is 1. The molecule has 0 aromatic carbocycles. The summed E-state index contributed by atoms with van der Waals surface area (Å²) in [5.41, 5.74) is 12.8. The van der Waals surface area contributed by atoms with Gasteiger partial charge in [-0.2, -0.15) is 0 Å². The Labute approximate surface area is 269 Å². The van der Waals surface area contributed by atoms with Crippen LogP contribution in [-0.4, -0.2) is 133 Å². The molecule has 8 atom stereocenters. The molecule has 0 aromatic heterocycles. The van der Waals surface area contributed by atoms with Crippen LogP contribution in [0.5, 0.6) is 0 Å². The molecule has 3 saturated heterocycles. The van der Waals surface area contributed by atoms with Crippen molar-refractivity contribution in [3.05, 3.63) is 0 Å². The van der Waals surface area contributed by atoms with Crippen LogP contribution < -0.4 is 27.4 Å². The highest BCUT2D eigenvalue weighted by Gasteiger charge is 2.47. The van der Waals surface area contributed by atoms with Gasteiger partial charge in [0.15, 0.2) is 18.4 Å². The van der Waals surface area contributed by atoms with Crippen LogP contribution in [0.25, 0.3) is 0 Å². The molecule has 4 rings (SSSR count). The zero-order valence-corrected chi connectivity index (χ0v) is 28.2. The van der Waals surface area contributed by atoms with E-state index in [4.69, 9.17) is 23.1 Å². The minimum atomic E-state index is -1.06. The number of hydrogen-bond donors (Lipinski definition) is 6. The molecule has 44 heavy (non-hydrogen) atoms. The number of aliphatic hydroxyl groups excluding tert-OH is 1. The van der Waals surface area contributed by atoms with Crippen molar-refractivity contribution in [3.63, 3.8) is 0 Å². The van der Waals surface area contributed by atoms with Crippen LogP contribution in [0.1, 0.15) is 71.6 Å². The van der Waals surface area contributed by atoms with Gasteiger partial charge in [-0.1, -0.05) is 26.7 Å². The Bertz CT molecular complexity index is 932. The molecule has 3 fully saturated rings. The van der Waals surface area contributed by atoms with Crippen LogP contribution in [0, 0.1) is 17.3 Å².